The smallest absolute Gasteiger partial charge is 0.495 e. The molecule has 0 fully saturated rings. The average molecular weight is 611 g/mol. The number of amides is 2. The molecule has 4 rings (SSSR count). The number of carbonyl (C=O) groups is 1. The maximum atomic E-state index is 15.4. The SMILES string of the molecule is CNC(=O)N(c1ccc(S(=O)(=O)Nc2ncccn2)cn1)c1cc(F)c(-c2ccc(F)c(OC(F)(F)F)c2)cc1OC. The standard InChI is InChI=1S/C25H19F5N6O5S/c1-31-24(37)36(22-7-5-15(13-34-22)42(38,39)35-23-32-8-3-9-33-23)19-12-18(27)16(11-21(19)40-2)14-4-6-17(26)20(10-14)41-25(28,29)30/h3-13H,1-2H3,(H,31,37)(H,32,33,35). The number of ether oxygens (including phenoxy) is 2. The van der Waals surface area contributed by atoms with Crippen LogP contribution in [0.2, 0.25) is 0 Å². The molecule has 0 saturated carbocycles. The first kappa shape index (κ1) is 29.9. The molecule has 4 aromatic rings. The fraction of sp³-hybridized carbons (Fsp3) is 0.120. The van der Waals surface area contributed by atoms with Gasteiger partial charge in [0.15, 0.2) is 11.6 Å². The van der Waals surface area contributed by atoms with Crippen molar-refractivity contribution in [2.45, 2.75) is 11.3 Å². The van der Waals surface area contributed by atoms with Crippen LogP contribution in [0.15, 0.2) is 72.0 Å². The summed E-state index contributed by atoms with van der Waals surface area (Å²) in [5.41, 5.74) is -0.693. The zero-order valence-corrected chi connectivity index (χ0v) is 22.3. The van der Waals surface area contributed by atoms with Crippen LogP contribution in [0, 0.1) is 11.6 Å². The summed E-state index contributed by atoms with van der Waals surface area (Å²) in [5.74, 6) is -4.02. The quantitative estimate of drug-likeness (QED) is 0.266. The highest BCUT2D eigenvalue weighted by Gasteiger charge is 2.33. The van der Waals surface area contributed by atoms with Gasteiger partial charge >= 0.3 is 12.4 Å². The zero-order valence-electron chi connectivity index (χ0n) is 21.5. The minimum atomic E-state index is -5.19. The Morgan fingerprint density at radius 1 is 0.952 bits per heavy atom. The van der Waals surface area contributed by atoms with Gasteiger partial charge in [0.1, 0.15) is 22.3 Å². The zero-order chi connectivity index (χ0) is 30.7. The van der Waals surface area contributed by atoms with E-state index in [1.54, 1.807) is 0 Å². The van der Waals surface area contributed by atoms with Crippen LogP contribution in [0.1, 0.15) is 0 Å². The van der Waals surface area contributed by atoms with Crippen molar-refractivity contribution >= 4 is 33.5 Å². The third kappa shape index (κ3) is 6.63. The van der Waals surface area contributed by atoms with E-state index >= 15 is 4.39 Å². The Bertz CT molecular complexity index is 1710. The van der Waals surface area contributed by atoms with E-state index < -0.39 is 39.8 Å². The molecule has 2 amide bonds. The van der Waals surface area contributed by atoms with Gasteiger partial charge in [0, 0.05) is 37.3 Å². The number of anilines is 3. The summed E-state index contributed by atoms with van der Waals surface area (Å²) in [7, 11) is -1.71. The first-order valence-electron chi connectivity index (χ1n) is 11.5. The molecule has 0 atom stereocenters. The maximum Gasteiger partial charge on any atom is 0.573 e. The molecule has 2 N–H and O–H groups in total. The van der Waals surface area contributed by atoms with E-state index in [0.29, 0.717) is 12.1 Å². The number of urea groups is 1. The van der Waals surface area contributed by atoms with Crippen LogP contribution in [0.3, 0.4) is 0 Å². The molecule has 2 aromatic heterocycles. The number of methoxy groups -OCH3 is 1. The molecule has 0 aliphatic carbocycles. The Balaban J connectivity index is 1.73. The monoisotopic (exact) mass is 610 g/mol. The van der Waals surface area contributed by atoms with Crippen molar-refractivity contribution in [2.75, 3.05) is 23.8 Å². The summed E-state index contributed by atoms with van der Waals surface area (Å²) in [5, 5.41) is 2.35. The summed E-state index contributed by atoms with van der Waals surface area (Å²) >= 11 is 0. The maximum absolute atomic E-state index is 15.4. The molecule has 0 spiro atoms. The number of nitrogens with zero attached hydrogens (tertiary/aromatic N) is 4. The number of pyridine rings is 1. The lowest BCUT2D eigenvalue weighted by molar-refractivity contribution is -0.275. The molecule has 11 nitrogen and oxygen atoms in total. The van der Waals surface area contributed by atoms with Gasteiger partial charge in [0.05, 0.1) is 12.8 Å². The fourth-order valence-corrected chi connectivity index (χ4v) is 4.52. The number of benzene rings is 2. The molecule has 220 valence electrons. The molecule has 0 aliphatic heterocycles. The second-order valence-electron chi connectivity index (χ2n) is 8.12. The lowest BCUT2D eigenvalue weighted by Crippen LogP contribution is -2.35. The third-order valence-electron chi connectivity index (χ3n) is 5.45. The number of sulfonamides is 1. The molecule has 0 radical (unpaired) electrons. The van der Waals surface area contributed by atoms with Crippen molar-refractivity contribution in [3.8, 4) is 22.6 Å². The van der Waals surface area contributed by atoms with Crippen molar-refractivity contribution in [1.29, 1.82) is 0 Å². The molecule has 0 saturated heterocycles. The highest BCUT2D eigenvalue weighted by Crippen LogP contribution is 2.40. The Hall–Kier alpha value is -5.06. The largest absolute Gasteiger partial charge is 0.573 e. The highest BCUT2D eigenvalue weighted by atomic mass is 32.2. The van der Waals surface area contributed by atoms with Crippen molar-refractivity contribution in [2.24, 2.45) is 0 Å². The molecular weight excluding hydrogens is 591 g/mol. The first-order chi connectivity index (χ1) is 19.8. The van der Waals surface area contributed by atoms with Crippen LogP contribution < -0.4 is 24.4 Å². The molecule has 42 heavy (non-hydrogen) atoms. The lowest BCUT2D eigenvalue weighted by atomic mass is 10.0. The number of nitrogens with one attached hydrogen (secondary N) is 2. The molecular formula is C25H19F5N6O5S. The minimum Gasteiger partial charge on any atom is -0.495 e. The van der Waals surface area contributed by atoms with Crippen molar-refractivity contribution in [1.82, 2.24) is 20.3 Å². The van der Waals surface area contributed by atoms with Gasteiger partial charge in [-0.25, -0.2) is 46.6 Å². The van der Waals surface area contributed by atoms with E-state index in [2.05, 4.69) is 29.7 Å². The van der Waals surface area contributed by atoms with E-state index in [-0.39, 0.29) is 39.2 Å². The lowest BCUT2D eigenvalue weighted by Gasteiger charge is -2.24. The van der Waals surface area contributed by atoms with Gasteiger partial charge in [-0.05, 0) is 42.0 Å². The third-order valence-corrected chi connectivity index (χ3v) is 6.76. The summed E-state index contributed by atoms with van der Waals surface area (Å²) in [4.78, 5) is 25.0. The summed E-state index contributed by atoms with van der Waals surface area (Å²) in [6, 6.07) is 7.24. The number of hydrogen-bond donors (Lipinski definition) is 2. The van der Waals surface area contributed by atoms with Gasteiger partial charge in [-0.3, -0.25) is 0 Å². The Morgan fingerprint density at radius 3 is 2.26 bits per heavy atom. The predicted octanol–water partition coefficient (Wildman–Crippen LogP) is 5.00. The summed E-state index contributed by atoms with van der Waals surface area (Å²) in [6.45, 7) is 0. The number of carbonyl (C=O) groups excluding carboxylic acids is 1. The number of rotatable bonds is 8. The summed E-state index contributed by atoms with van der Waals surface area (Å²) < 4.78 is 104. The number of aromatic nitrogens is 3. The van der Waals surface area contributed by atoms with Gasteiger partial charge in [0.25, 0.3) is 10.0 Å². The first-order valence-corrected chi connectivity index (χ1v) is 13.0. The Kier molecular flexibility index (Phi) is 8.41. The molecule has 0 bridgehead atoms. The van der Waals surface area contributed by atoms with Gasteiger partial charge in [-0.15, -0.1) is 13.2 Å². The van der Waals surface area contributed by atoms with Crippen LogP contribution in [-0.4, -0.2) is 49.9 Å². The van der Waals surface area contributed by atoms with E-state index in [1.807, 2.05) is 0 Å². The minimum absolute atomic E-state index is 0.140. The topological polar surface area (TPSA) is 136 Å². The van der Waals surface area contributed by atoms with Gasteiger partial charge in [-0.2, -0.15) is 0 Å². The molecule has 17 heteroatoms. The van der Waals surface area contributed by atoms with E-state index in [1.165, 1.54) is 38.7 Å². The second kappa shape index (κ2) is 11.8. The fourth-order valence-electron chi connectivity index (χ4n) is 3.62. The normalized spacial score (nSPS) is 11.5. The van der Waals surface area contributed by atoms with Gasteiger partial charge in [-0.1, -0.05) is 6.07 Å². The van der Waals surface area contributed by atoms with Crippen LogP contribution in [0.4, 0.5) is 44.2 Å². The molecule has 0 unspecified atom stereocenters. The summed E-state index contributed by atoms with van der Waals surface area (Å²) in [6.07, 6.45) is -1.59. The van der Waals surface area contributed by atoms with Gasteiger partial charge < -0.3 is 14.8 Å². The van der Waals surface area contributed by atoms with E-state index in [0.717, 1.165) is 35.4 Å². The van der Waals surface area contributed by atoms with Crippen LogP contribution in [0.25, 0.3) is 11.1 Å². The highest BCUT2D eigenvalue weighted by molar-refractivity contribution is 7.92. The second-order valence-corrected chi connectivity index (χ2v) is 9.80. The van der Waals surface area contributed by atoms with Crippen molar-refractivity contribution < 1.29 is 44.6 Å². The molecule has 2 aromatic carbocycles. The number of halogens is 5. The van der Waals surface area contributed by atoms with Gasteiger partial charge in [0.2, 0.25) is 5.95 Å². The van der Waals surface area contributed by atoms with Crippen LogP contribution in [0.5, 0.6) is 11.5 Å². The Labute approximate surface area is 235 Å². The van der Waals surface area contributed by atoms with Crippen molar-refractivity contribution in [3.63, 3.8) is 0 Å². The van der Waals surface area contributed by atoms with E-state index in [4.69, 9.17) is 4.74 Å². The number of alkyl halides is 3. The van der Waals surface area contributed by atoms with Crippen LogP contribution in [-0.2, 0) is 10.0 Å². The molecule has 0 aliphatic rings. The average Bonchev–Trinajstić information content (AvgIpc) is 2.94. The van der Waals surface area contributed by atoms with Crippen LogP contribution >= 0.6 is 0 Å². The number of hydrogen-bond acceptors (Lipinski definition) is 8. The predicted molar refractivity (Wildman–Crippen MR) is 139 cm³/mol. The molecule has 2 heterocycles. The Morgan fingerprint density at radius 2 is 1.67 bits per heavy atom. The van der Waals surface area contributed by atoms with E-state index in [9.17, 15) is 30.8 Å². The van der Waals surface area contributed by atoms with Crippen molar-refractivity contribution in [3.05, 3.63) is 78.8 Å².